The molecule has 0 saturated carbocycles. The van der Waals surface area contributed by atoms with Gasteiger partial charge in [0.05, 0.1) is 17.1 Å². The number of aryl methyl sites for hydroxylation is 2. The number of hydrogen-bond acceptors (Lipinski definition) is 3. The van der Waals surface area contributed by atoms with Crippen molar-refractivity contribution in [3.63, 3.8) is 0 Å². The molecule has 16 heavy (non-hydrogen) atoms. The van der Waals surface area contributed by atoms with E-state index in [2.05, 4.69) is 21.5 Å². The Morgan fingerprint density at radius 1 is 1.25 bits per heavy atom. The maximum Gasteiger partial charge on any atom is 0.111 e. The Labute approximate surface area is 94.3 Å². The SMILES string of the molecule is Cn1ccc(-c2ccc3c(n2)CCCN3)n1. The third kappa shape index (κ3) is 1.56. The molecule has 0 aromatic carbocycles. The van der Waals surface area contributed by atoms with Crippen molar-refractivity contribution in [3.8, 4) is 11.4 Å². The second kappa shape index (κ2) is 3.63. The summed E-state index contributed by atoms with van der Waals surface area (Å²) in [6.45, 7) is 1.05. The molecule has 0 spiro atoms. The van der Waals surface area contributed by atoms with Crippen LogP contribution in [0.3, 0.4) is 0 Å². The highest BCUT2D eigenvalue weighted by molar-refractivity contribution is 5.60. The zero-order valence-corrected chi connectivity index (χ0v) is 9.27. The molecule has 2 aromatic heterocycles. The van der Waals surface area contributed by atoms with Crippen LogP contribution >= 0.6 is 0 Å². The molecule has 2 aromatic rings. The summed E-state index contributed by atoms with van der Waals surface area (Å²) in [6.07, 6.45) is 4.16. The van der Waals surface area contributed by atoms with Gasteiger partial charge in [-0.2, -0.15) is 5.10 Å². The second-order valence-electron chi connectivity index (χ2n) is 4.10. The summed E-state index contributed by atoms with van der Waals surface area (Å²) < 4.78 is 1.80. The molecule has 0 bridgehead atoms. The van der Waals surface area contributed by atoms with Gasteiger partial charge in [0.2, 0.25) is 0 Å². The summed E-state index contributed by atoms with van der Waals surface area (Å²) in [5, 5.41) is 7.72. The van der Waals surface area contributed by atoms with E-state index in [1.807, 2.05) is 25.4 Å². The van der Waals surface area contributed by atoms with Gasteiger partial charge in [-0.05, 0) is 31.0 Å². The van der Waals surface area contributed by atoms with E-state index in [4.69, 9.17) is 0 Å². The first-order valence-corrected chi connectivity index (χ1v) is 5.57. The van der Waals surface area contributed by atoms with Crippen molar-refractivity contribution >= 4 is 5.69 Å². The van der Waals surface area contributed by atoms with Crippen LogP contribution in [0.15, 0.2) is 24.4 Å². The van der Waals surface area contributed by atoms with Gasteiger partial charge in [0.1, 0.15) is 5.69 Å². The van der Waals surface area contributed by atoms with Crippen molar-refractivity contribution in [1.29, 1.82) is 0 Å². The summed E-state index contributed by atoms with van der Waals surface area (Å²) in [5.41, 5.74) is 4.24. The number of hydrogen-bond donors (Lipinski definition) is 1. The number of pyridine rings is 1. The quantitative estimate of drug-likeness (QED) is 0.787. The highest BCUT2D eigenvalue weighted by Crippen LogP contribution is 2.23. The maximum atomic E-state index is 4.66. The molecule has 0 atom stereocenters. The fraction of sp³-hybridized carbons (Fsp3) is 0.333. The van der Waals surface area contributed by atoms with Crippen LogP contribution in [0, 0.1) is 0 Å². The Morgan fingerprint density at radius 2 is 2.19 bits per heavy atom. The second-order valence-corrected chi connectivity index (χ2v) is 4.10. The lowest BCUT2D eigenvalue weighted by Gasteiger charge is -2.17. The first-order valence-electron chi connectivity index (χ1n) is 5.57. The number of aromatic nitrogens is 3. The van der Waals surface area contributed by atoms with E-state index in [0.717, 1.165) is 36.5 Å². The van der Waals surface area contributed by atoms with Crippen molar-refractivity contribution in [2.45, 2.75) is 12.8 Å². The number of rotatable bonds is 1. The molecular formula is C12H14N4. The maximum absolute atomic E-state index is 4.66. The first kappa shape index (κ1) is 9.39. The molecule has 1 aliphatic heterocycles. The van der Waals surface area contributed by atoms with Crippen LogP contribution in [-0.2, 0) is 13.5 Å². The first-order chi connectivity index (χ1) is 7.83. The third-order valence-electron chi connectivity index (χ3n) is 2.86. The molecule has 4 nitrogen and oxygen atoms in total. The Balaban J connectivity index is 2.02. The van der Waals surface area contributed by atoms with Gasteiger partial charge in [-0.25, -0.2) is 4.98 Å². The van der Waals surface area contributed by atoms with Gasteiger partial charge in [-0.15, -0.1) is 0 Å². The predicted molar refractivity (Wildman–Crippen MR) is 63.2 cm³/mol. The molecule has 0 amide bonds. The predicted octanol–water partition coefficient (Wildman–Crippen LogP) is 1.84. The van der Waals surface area contributed by atoms with Crippen molar-refractivity contribution in [2.24, 2.45) is 7.05 Å². The fourth-order valence-electron chi connectivity index (χ4n) is 2.03. The van der Waals surface area contributed by atoms with E-state index in [9.17, 15) is 0 Å². The van der Waals surface area contributed by atoms with Crippen molar-refractivity contribution in [2.75, 3.05) is 11.9 Å². The topological polar surface area (TPSA) is 42.7 Å². The Hall–Kier alpha value is -1.84. The van der Waals surface area contributed by atoms with Crippen LogP contribution in [0.1, 0.15) is 12.1 Å². The Morgan fingerprint density at radius 3 is 3.00 bits per heavy atom. The van der Waals surface area contributed by atoms with Gasteiger partial charge >= 0.3 is 0 Å². The van der Waals surface area contributed by atoms with Crippen LogP contribution < -0.4 is 5.32 Å². The lowest BCUT2D eigenvalue weighted by Crippen LogP contribution is -2.13. The van der Waals surface area contributed by atoms with Crippen molar-refractivity contribution in [1.82, 2.24) is 14.8 Å². The lowest BCUT2D eigenvalue weighted by molar-refractivity contribution is 0.768. The molecule has 1 aliphatic rings. The van der Waals surface area contributed by atoms with Gasteiger partial charge in [0.25, 0.3) is 0 Å². The Kier molecular flexibility index (Phi) is 2.13. The zero-order valence-electron chi connectivity index (χ0n) is 9.27. The minimum atomic E-state index is 0.941. The Bertz CT molecular complexity index is 515. The summed E-state index contributed by atoms with van der Waals surface area (Å²) in [5.74, 6) is 0. The summed E-state index contributed by atoms with van der Waals surface area (Å²) >= 11 is 0. The normalized spacial score (nSPS) is 14.3. The minimum Gasteiger partial charge on any atom is -0.384 e. The fourth-order valence-corrected chi connectivity index (χ4v) is 2.03. The average Bonchev–Trinajstić information content (AvgIpc) is 2.75. The van der Waals surface area contributed by atoms with E-state index in [1.165, 1.54) is 5.69 Å². The molecule has 3 heterocycles. The lowest BCUT2D eigenvalue weighted by atomic mass is 10.1. The number of fused-ring (bicyclic) bond motifs is 1. The minimum absolute atomic E-state index is 0.941. The zero-order chi connectivity index (χ0) is 11.0. The molecule has 4 heteroatoms. The molecule has 1 N–H and O–H groups in total. The van der Waals surface area contributed by atoms with Gasteiger partial charge < -0.3 is 5.32 Å². The largest absolute Gasteiger partial charge is 0.384 e. The van der Waals surface area contributed by atoms with Crippen LogP contribution in [0.4, 0.5) is 5.69 Å². The van der Waals surface area contributed by atoms with E-state index < -0.39 is 0 Å². The van der Waals surface area contributed by atoms with Crippen LogP contribution in [0.2, 0.25) is 0 Å². The number of nitrogens with zero attached hydrogens (tertiary/aromatic N) is 3. The van der Waals surface area contributed by atoms with Crippen LogP contribution in [-0.4, -0.2) is 21.3 Å². The third-order valence-corrected chi connectivity index (χ3v) is 2.86. The van der Waals surface area contributed by atoms with Gasteiger partial charge in [0, 0.05) is 19.8 Å². The highest BCUT2D eigenvalue weighted by Gasteiger charge is 2.11. The molecule has 3 rings (SSSR count). The van der Waals surface area contributed by atoms with Crippen LogP contribution in [0.5, 0.6) is 0 Å². The van der Waals surface area contributed by atoms with Gasteiger partial charge in [-0.1, -0.05) is 0 Å². The van der Waals surface area contributed by atoms with Crippen LogP contribution in [0.25, 0.3) is 11.4 Å². The highest BCUT2D eigenvalue weighted by atomic mass is 15.2. The smallest absolute Gasteiger partial charge is 0.111 e. The molecule has 0 saturated heterocycles. The number of nitrogens with one attached hydrogen (secondary N) is 1. The van der Waals surface area contributed by atoms with E-state index in [0.29, 0.717) is 0 Å². The molecule has 0 radical (unpaired) electrons. The van der Waals surface area contributed by atoms with E-state index >= 15 is 0 Å². The standard InChI is InChI=1S/C12H14N4/c1-16-8-6-12(15-16)11-5-4-9-10(14-11)3-2-7-13-9/h4-6,8,13H,2-3,7H2,1H3. The average molecular weight is 214 g/mol. The van der Waals surface area contributed by atoms with E-state index in [1.54, 1.807) is 4.68 Å². The summed E-state index contributed by atoms with van der Waals surface area (Å²) in [4.78, 5) is 4.66. The van der Waals surface area contributed by atoms with Gasteiger partial charge in [-0.3, -0.25) is 4.68 Å². The molecular weight excluding hydrogens is 200 g/mol. The molecule has 0 fully saturated rings. The monoisotopic (exact) mass is 214 g/mol. The van der Waals surface area contributed by atoms with E-state index in [-0.39, 0.29) is 0 Å². The molecule has 0 unspecified atom stereocenters. The van der Waals surface area contributed by atoms with Gasteiger partial charge in [0.15, 0.2) is 0 Å². The summed E-state index contributed by atoms with van der Waals surface area (Å²) in [7, 11) is 1.92. The van der Waals surface area contributed by atoms with Crippen molar-refractivity contribution < 1.29 is 0 Å². The van der Waals surface area contributed by atoms with Crippen molar-refractivity contribution in [3.05, 3.63) is 30.1 Å². The number of anilines is 1. The molecule has 82 valence electrons. The molecule has 0 aliphatic carbocycles. The summed E-state index contributed by atoms with van der Waals surface area (Å²) in [6, 6.07) is 6.12.